The summed E-state index contributed by atoms with van der Waals surface area (Å²) in [6.45, 7) is 0.157. The van der Waals surface area contributed by atoms with Gasteiger partial charge in [0.25, 0.3) is 9.05 Å². The van der Waals surface area contributed by atoms with Gasteiger partial charge in [-0.1, -0.05) is 0 Å². The normalized spacial score (nSPS) is 11.5. The standard InChI is InChI=1S/C11H10BrClF2O5S/c1-19-3-2-4-20-11(16)8-7(14)5-6(12)10(9(8)15)21(13,17)18/h5H,2-4H2,1H3. The summed E-state index contributed by atoms with van der Waals surface area (Å²) in [5.41, 5.74) is -1.12. The molecule has 0 saturated heterocycles. The molecule has 1 rings (SSSR count). The molecule has 10 heteroatoms. The van der Waals surface area contributed by atoms with Crippen LogP contribution in [-0.2, 0) is 18.5 Å². The van der Waals surface area contributed by atoms with Crippen molar-refractivity contribution in [2.45, 2.75) is 11.3 Å². The maximum absolute atomic E-state index is 14.1. The molecular formula is C11H10BrClF2O5S. The van der Waals surface area contributed by atoms with E-state index in [9.17, 15) is 22.0 Å². The second kappa shape index (κ2) is 7.48. The third kappa shape index (κ3) is 4.60. The molecule has 0 aliphatic carbocycles. The molecule has 5 nitrogen and oxygen atoms in total. The van der Waals surface area contributed by atoms with Crippen molar-refractivity contribution in [2.75, 3.05) is 20.3 Å². The number of ether oxygens (including phenoxy) is 2. The zero-order chi connectivity index (χ0) is 16.2. The maximum Gasteiger partial charge on any atom is 0.344 e. The summed E-state index contributed by atoms with van der Waals surface area (Å²) in [5, 5.41) is 0. The van der Waals surface area contributed by atoms with Crippen LogP contribution in [0.2, 0.25) is 0 Å². The van der Waals surface area contributed by atoms with Crippen LogP contribution in [0.3, 0.4) is 0 Å². The van der Waals surface area contributed by atoms with E-state index in [1.165, 1.54) is 7.11 Å². The first-order valence-corrected chi connectivity index (χ1v) is 8.58. The lowest BCUT2D eigenvalue weighted by Crippen LogP contribution is -2.14. The maximum atomic E-state index is 14.1. The Kier molecular flexibility index (Phi) is 6.51. The first-order chi connectivity index (χ1) is 9.70. The van der Waals surface area contributed by atoms with Crippen LogP contribution in [0.4, 0.5) is 8.78 Å². The van der Waals surface area contributed by atoms with Crippen molar-refractivity contribution in [2.24, 2.45) is 0 Å². The quantitative estimate of drug-likeness (QED) is 0.412. The zero-order valence-corrected chi connectivity index (χ0v) is 13.8. The Bertz CT molecular complexity index is 651. The van der Waals surface area contributed by atoms with Crippen LogP contribution in [0.15, 0.2) is 15.4 Å². The lowest BCUT2D eigenvalue weighted by molar-refractivity contribution is 0.0457. The minimum absolute atomic E-state index is 0.134. The fourth-order valence-corrected chi connectivity index (χ4v) is 3.78. The smallest absolute Gasteiger partial charge is 0.344 e. The molecule has 0 atom stereocenters. The highest BCUT2D eigenvalue weighted by Gasteiger charge is 2.29. The summed E-state index contributed by atoms with van der Waals surface area (Å²) in [6, 6.07) is 0.629. The number of carbonyl (C=O) groups is 1. The Morgan fingerprint density at radius 1 is 1.38 bits per heavy atom. The fraction of sp³-hybridized carbons (Fsp3) is 0.364. The van der Waals surface area contributed by atoms with Gasteiger partial charge in [-0.15, -0.1) is 0 Å². The van der Waals surface area contributed by atoms with Crippen molar-refractivity contribution in [3.05, 3.63) is 27.7 Å². The highest BCUT2D eigenvalue weighted by molar-refractivity contribution is 9.10. The van der Waals surface area contributed by atoms with E-state index >= 15 is 0 Å². The van der Waals surface area contributed by atoms with Crippen molar-refractivity contribution in [1.82, 2.24) is 0 Å². The summed E-state index contributed by atoms with van der Waals surface area (Å²) >= 11 is 2.68. The molecule has 0 spiro atoms. The van der Waals surface area contributed by atoms with Crippen LogP contribution < -0.4 is 0 Å². The van der Waals surface area contributed by atoms with Crippen LogP contribution >= 0.6 is 26.6 Å². The van der Waals surface area contributed by atoms with Crippen molar-refractivity contribution in [3.63, 3.8) is 0 Å². The molecule has 21 heavy (non-hydrogen) atoms. The van der Waals surface area contributed by atoms with Crippen molar-refractivity contribution in [1.29, 1.82) is 0 Å². The van der Waals surface area contributed by atoms with Gasteiger partial charge in [0.1, 0.15) is 16.3 Å². The number of rotatable bonds is 6. The van der Waals surface area contributed by atoms with Gasteiger partial charge in [-0.25, -0.2) is 22.0 Å². The number of halogens is 4. The van der Waals surface area contributed by atoms with Crippen LogP contribution in [0.5, 0.6) is 0 Å². The average molecular weight is 408 g/mol. The molecule has 1 aromatic carbocycles. The molecule has 0 aliphatic rings. The van der Waals surface area contributed by atoms with E-state index in [0.29, 0.717) is 19.1 Å². The Morgan fingerprint density at radius 2 is 2.00 bits per heavy atom. The zero-order valence-electron chi connectivity index (χ0n) is 10.7. The summed E-state index contributed by atoms with van der Waals surface area (Å²) in [7, 11) is 1.98. The van der Waals surface area contributed by atoms with Gasteiger partial charge in [0.2, 0.25) is 0 Å². The SMILES string of the molecule is COCCCOC(=O)c1c(F)cc(Br)c(S(=O)(=O)Cl)c1F. The van der Waals surface area contributed by atoms with Gasteiger partial charge in [0.15, 0.2) is 5.82 Å². The number of esters is 1. The first-order valence-electron chi connectivity index (χ1n) is 5.48. The lowest BCUT2D eigenvalue weighted by Gasteiger charge is -2.10. The molecule has 0 N–H and O–H groups in total. The molecule has 0 aliphatic heterocycles. The van der Waals surface area contributed by atoms with Gasteiger partial charge in [0, 0.05) is 35.3 Å². The topological polar surface area (TPSA) is 69.7 Å². The number of carbonyl (C=O) groups excluding carboxylic acids is 1. The Hall–Kier alpha value is -0.770. The molecule has 118 valence electrons. The lowest BCUT2D eigenvalue weighted by atomic mass is 10.2. The number of methoxy groups -OCH3 is 1. The van der Waals surface area contributed by atoms with Crippen molar-refractivity contribution in [3.8, 4) is 0 Å². The highest BCUT2D eigenvalue weighted by Crippen LogP contribution is 2.32. The molecule has 0 saturated carbocycles. The van der Waals surface area contributed by atoms with Crippen LogP contribution in [0.1, 0.15) is 16.8 Å². The first kappa shape index (κ1) is 18.3. The third-order valence-corrected chi connectivity index (χ3v) is 4.54. The van der Waals surface area contributed by atoms with E-state index in [1.807, 2.05) is 0 Å². The number of hydrogen-bond acceptors (Lipinski definition) is 5. The Morgan fingerprint density at radius 3 is 2.52 bits per heavy atom. The number of benzene rings is 1. The highest BCUT2D eigenvalue weighted by atomic mass is 79.9. The Labute approximate surface area is 132 Å². The molecule has 0 heterocycles. The third-order valence-electron chi connectivity index (χ3n) is 2.30. The van der Waals surface area contributed by atoms with Gasteiger partial charge in [-0.3, -0.25) is 0 Å². The largest absolute Gasteiger partial charge is 0.462 e. The predicted molar refractivity (Wildman–Crippen MR) is 73.9 cm³/mol. The average Bonchev–Trinajstić information content (AvgIpc) is 2.32. The second-order valence-corrected chi connectivity index (χ2v) is 7.14. The Balaban J connectivity index is 3.16. The molecule has 0 radical (unpaired) electrons. The van der Waals surface area contributed by atoms with E-state index in [0.717, 1.165) is 0 Å². The van der Waals surface area contributed by atoms with Crippen LogP contribution in [0.25, 0.3) is 0 Å². The second-order valence-electron chi connectivity index (χ2n) is 3.78. The van der Waals surface area contributed by atoms with Gasteiger partial charge in [-0.2, -0.15) is 0 Å². The fourth-order valence-electron chi connectivity index (χ4n) is 1.42. The summed E-state index contributed by atoms with van der Waals surface area (Å²) < 4.78 is 59.2. The van der Waals surface area contributed by atoms with Crippen LogP contribution in [0, 0.1) is 11.6 Å². The van der Waals surface area contributed by atoms with Crippen molar-refractivity contribution < 1.29 is 31.5 Å². The van der Waals surface area contributed by atoms with Gasteiger partial charge >= 0.3 is 5.97 Å². The van der Waals surface area contributed by atoms with E-state index in [4.69, 9.17) is 15.4 Å². The molecule has 0 fully saturated rings. The summed E-state index contributed by atoms with van der Waals surface area (Å²) in [6.07, 6.45) is 0.322. The monoisotopic (exact) mass is 406 g/mol. The van der Waals surface area contributed by atoms with Crippen molar-refractivity contribution >= 4 is 41.6 Å². The van der Waals surface area contributed by atoms with E-state index in [1.54, 1.807) is 0 Å². The molecular weight excluding hydrogens is 398 g/mol. The van der Waals surface area contributed by atoms with Gasteiger partial charge < -0.3 is 9.47 Å². The van der Waals surface area contributed by atoms with Crippen LogP contribution in [-0.4, -0.2) is 34.7 Å². The molecule has 1 aromatic rings. The van der Waals surface area contributed by atoms with E-state index in [-0.39, 0.29) is 6.61 Å². The number of hydrogen-bond donors (Lipinski definition) is 0. The molecule has 0 aromatic heterocycles. The van der Waals surface area contributed by atoms with E-state index in [2.05, 4.69) is 20.7 Å². The van der Waals surface area contributed by atoms with E-state index < -0.39 is 41.6 Å². The minimum atomic E-state index is -4.51. The summed E-state index contributed by atoms with van der Waals surface area (Å²) in [4.78, 5) is 10.6. The molecule has 0 unspecified atom stereocenters. The summed E-state index contributed by atoms with van der Waals surface area (Å²) in [5.74, 6) is -4.19. The predicted octanol–water partition coefficient (Wildman–Crippen LogP) is 2.85. The molecule has 0 bridgehead atoms. The van der Waals surface area contributed by atoms with Gasteiger partial charge in [-0.05, 0) is 22.0 Å². The molecule has 0 amide bonds. The van der Waals surface area contributed by atoms with Gasteiger partial charge in [0.05, 0.1) is 6.61 Å². The minimum Gasteiger partial charge on any atom is -0.462 e.